The molecule has 1 aromatic heterocycles. The number of aliphatic hydroxyl groups is 3. The van der Waals surface area contributed by atoms with Crippen molar-refractivity contribution in [2.75, 3.05) is 37.6 Å². The van der Waals surface area contributed by atoms with Crippen LogP contribution < -0.4 is 4.90 Å². The van der Waals surface area contributed by atoms with E-state index < -0.39 is 30.2 Å². The maximum atomic E-state index is 12.9. The Labute approximate surface area is 149 Å². The summed E-state index contributed by atoms with van der Waals surface area (Å²) in [7, 11) is 0. The molecule has 4 atom stereocenters. The molecule has 0 spiro atoms. The van der Waals surface area contributed by atoms with Crippen LogP contribution in [0.2, 0.25) is 0 Å². The lowest BCUT2D eigenvalue weighted by molar-refractivity contribution is -0.141. The van der Waals surface area contributed by atoms with E-state index in [1.807, 2.05) is 9.80 Å². The van der Waals surface area contributed by atoms with E-state index in [0.29, 0.717) is 25.3 Å². The molecule has 2 saturated heterocycles. The fraction of sp³-hybridized carbons (Fsp3) is 0.706. The molecule has 26 heavy (non-hydrogen) atoms. The van der Waals surface area contributed by atoms with Crippen molar-refractivity contribution in [3.05, 3.63) is 24.0 Å². The maximum Gasteiger partial charge on any atom is 0.433 e. The molecule has 0 bridgehead atoms. The molecule has 9 heteroatoms. The van der Waals surface area contributed by atoms with Crippen molar-refractivity contribution in [3.63, 3.8) is 0 Å². The Morgan fingerprint density at radius 2 is 1.81 bits per heavy atom. The van der Waals surface area contributed by atoms with Crippen molar-refractivity contribution in [2.45, 2.75) is 37.3 Å². The summed E-state index contributed by atoms with van der Waals surface area (Å²) in [6, 6.07) is 2.66. The van der Waals surface area contributed by atoms with E-state index in [4.69, 9.17) is 0 Å². The summed E-state index contributed by atoms with van der Waals surface area (Å²) < 4.78 is 38.6. The molecular formula is C17H24F3N3O3. The summed E-state index contributed by atoms with van der Waals surface area (Å²) in [4.78, 5) is 7.24. The van der Waals surface area contributed by atoms with Crippen LogP contribution in [0.4, 0.5) is 18.9 Å². The van der Waals surface area contributed by atoms with Gasteiger partial charge in [-0.05, 0) is 30.9 Å². The molecule has 0 radical (unpaired) electrons. The second-order valence-corrected chi connectivity index (χ2v) is 7.20. The largest absolute Gasteiger partial charge is 0.433 e. The van der Waals surface area contributed by atoms with E-state index in [1.54, 1.807) is 6.07 Å². The van der Waals surface area contributed by atoms with Crippen LogP contribution in [0.1, 0.15) is 18.5 Å². The Hall–Kier alpha value is -1.42. The van der Waals surface area contributed by atoms with Gasteiger partial charge in [0.25, 0.3) is 0 Å². The number of likely N-dealkylation sites (tertiary alicyclic amines) is 1. The van der Waals surface area contributed by atoms with Gasteiger partial charge >= 0.3 is 6.18 Å². The normalized spacial score (nSPS) is 31.2. The molecule has 3 heterocycles. The number of hydrogen-bond acceptors (Lipinski definition) is 6. The third kappa shape index (κ3) is 4.46. The van der Waals surface area contributed by atoms with E-state index in [0.717, 1.165) is 18.9 Å². The number of halogens is 3. The van der Waals surface area contributed by atoms with Gasteiger partial charge < -0.3 is 20.2 Å². The first-order valence-electron chi connectivity index (χ1n) is 8.79. The van der Waals surface area contributed by atoms with Crippen molar-refractivity contribution >= 4 is 5.69 Å². The van der Waals surface area contributed by atoms with E-state index in [-0.39, 0.29) is 19.0 Å². The summed E-state index contributed by atoms with van der Waals surface area (Å²) in [6.07, 6.45) is -4.62. The van der Waals surface area contributed by atoms with Gasteiger partial charge in [-0.2, -0.15) is 13.2 Å². The van der Waals surface area contributed by atoms with Crippen LogP contribution in [0.15, 0.2) is 18.3 Å². The van der Waals surface area contributed by atoms with Crippen LogP contribution in [0.3, 0.4) is 0 Å². The summed E-state index contributed by atoms with van der Waals surface area (Å²) in [6.45, 7) is 2.47. The van der Waals surface area contributed by atoms with Gasteiger partial charge in [0, 0.05) is 44.6 Å². The molecule has 1 aromatic rings. The molecule has 0 amide bonds. The Morgan fingerprint density at radius 1 is 1.12 bits per heavy atom. The zero-order valence-corrected chi connectivity index (χ0v) is 14.3. The fourth-order valence-corrected chi connectivity index (χ4v) is 3.81. The van der Waals surface area contributed by atoms with Gasteiger partial charge in [-0.15, -0.1) is 0 Å². The molecular weight excluding hydrogens is 351 g/mol. The molecule has 2 aliphatic rings. The van der Waals surface area contributed by atoms with Gasteiger partial charge in [0.2, 0.25) is 0 Å². The molecule has 2 aliphatic heterocycles. The number of β-amino-alcohol motifs (C(OH)–C–C–N with tert-alkyl or cyclic N) is 2. The lowest BCUT2D eigenvalue weighted by Crippen LogP contribution is -2.56. The lowest BCUT2D eigenvalue weighted by Gasteiger charge is -2.41. The van der Waals surface area contributed by atoms with E-state index in [2.05, 4.69) is 4.98 Å². The maximum absolute atomic E-state index is 12.9. The van der Waals surface area contributed by atoms with Gasteiger partial charge in [-0.25, -0.2) is 0 Å². The monoisotopic (exact) mass is 375 g/mol. The molecule has 0 aromatic carbocycles. The van der Waals surface area contributed by atoms with E-state index >= 15 is 0 Å². The first-order chi connectivity index (χ1) is 12.2. The van der Waals surface area contributed by atoms with Crippen molar-refractivity contribution in [1.82, 2.24) is 9.88 Å². The number of hydrogen-bond donors (Lipinski definition) is 3. The number of anilines is 1. The predicted molar refractivity (Wildman–Crippen MR) is 88.6 cm³/mol. The number of alkyl halides is 3. The third-order valence-corrected chi connectivity index (χ3v) is 5.11. The molecule has 146 valence electrons. The Balaban J connectivity index is 1.63. The lowest BCUT2D eigenvalue weighted by atomic mass is 9.94. The fourth-order valence-electron chi connectivity index (χ4n) is 3.81. The second-order valence-electron chi connectivity index (χ2n) is 7.20. The van der Waals surface area contributed by atoms with Crippen molar-refractivity contribution < 1.29 is 28.5 Å². The zero-order valence-electron chi connectivity index (χ0n) is 14.3. The predicted octanol–water partition coefficient (Wildman–Crippen LogP) is 0.715. The molecule has 1 unspecified atom stereocenters. The highest BCUT2D eigenvalue weighted by atomic mass is 19.4. The van der Waals surface area contributed by atoms with Crippen LogP contribution >= 0.6 is 0 Å². The number of rotatable bonds is 3. The van der Waals surface area contributed by atoms with Crippen LogP contribution in [0.5, 0.6) is 0 Å². The van der Waals surface area contributed by atoms with Crippen LogP contribution in [-0.2, 0) is 6.18 Å². The SMILES string of the molecule is OC1[C@H](O)CN(C[C@H]2CCCN(c3ccnc(C(F)(F)F)c3)C2)C[C@@H]1O. The minimum Gasteiger partial charge on any atom is -0.389 e. The van der Waals surface area contributed by atoms with Crippen LogP contribution in [-0.4, -0.2) is 76.2 Å². The Bertz CT molecular complexity index is 604. The van der Waals surface area contributed by atoms with Gasteiger partial charge in [-0.3, -0.25) is 9.88 Å². The molecule has 3 rings (SSSR count). The average molecular weight is 375 g/mol. The first-order valence-corrected chi connectivity index (χ1v) is 8.79. The van der Waals surface area contributed by atoms with Gasteiger partial charge in [-0.1, -0.05) is 0 Å². The number of piperidine rings is 2. The van der Waals surface area contributed by atoms with Crippen molar-refractivity contribution in [1.29, 1.82) is 0 Å². The second kappa shape index (κ2) is 7.67. The number of aliphatic hydroxyl groups excluding tert-OH is 3. The average Bonchev–Trinajstić information content (AvgIpc) is 2.59. The quantitative estimate of drug-likeness (QED) is 0.722. The smallest absolute Gasteiger partial charge is 0.389 e. The third-order valence-electron chi connectivity index (χ3n) is 5.11. The highest BCUT2D eigenvalue weighted by Gasteiger charge is 2.35. The van der Waals surface area contributed by atoms with Gasteiger partial charge in [0.05, 0.1) is 12.2 Å². The minimum absolute atomic E-state index is 0.209. The van der Waals surface area contributed by atoms with Crippen molar-refractivity contribution in [2.24, 2.45) is 5.92 Å². The highest BCUT2D eigenvalue weighted by Crippen LogP contribution is 2.31. The minimum atomic E-state index is -4.47. The standard InChI is InChI=1S/C17H24F3N3O3/c18-17(19,20)15-6-12(3-4-21-15)23-5-1-2-11(8-23)7-22-9-13(24)16(26)14(25)10-22/h3-4,6,11,13-14,16,24-26H,1-2,5,7-10H2/t11-,13-,14+,16?/m1/s1. The Morgan fingerprint density at radius 3 is 2.46 bits per heavy atom. The number of aromatic nitrogens is 1. The summed E-state index contributed by atoms with van der Waals surface area (Å²) in [5, 5.41) is 29.2. The van der Waals surface area contributed by atoms with E-state index in [1.165, 1.54) is 6.20 Å². The number of nitrogens with zero attached hydrogens (tertiary/aromatic N) is 3. The zero-order chi connectivity index (χ0) is 18.9. The topological polar surface area (TPSA) is 80.1 Å². The number of pyridine rings is 1. The van der Waals surface area contributed by atoms with Crippen LogP contribution in [0.25, 0.3) is 0 Å². The first kappa shape index (κ1) is 19.3. The summed E-state index contributed by atoms with van der Waals surface area (Å²) in [5.41, 5.74) is -0.389. The van der Waals surface area contributed by atoms with Crippen molar-refractivity contribution in [3.8, 4) is 0 Å². The molecule has 0 aliphatic carbocycles. The highest BCUT2D eigenvalue weighted by molar-refractivity contribution is 5.47. The van der Waals surface area contributed by atoms with E-state index in [9.17, 15) is 28.5 Å². The molecule has 2 fully saturated rings. The Kier molecular flexibility index (Phi) is 5.71. The summed E-state index contributed by atoms with van der Waals surface area (Å²) in [5.74, 6) is 0.209. The van der Waals surface area contributed by atoms with Crippen LogP contribution in [0, 0.1) is 5.92 Å². The molecule has 3 N–H and O–H groups in total. The molecule has 6 nitrogen and oxygen atoms in total. The van der Waals surface area contributed by atoms with Gasteiger partial charge in [0.1, 0.15) is 11.8 Å². The van der Waals surface area contributed by atoms with Gasteiger partial charge in [0.15, 0.2) is 0 Å². The summed E-state index contributed by atoms with van der Waals surface area (Å²) >= 11 is 0. The molecule has 0 saturated carbocycles.